The van der Waals surface area contributed by atoms with Crippen molar-refractivity contribution in [1.82, 2.24) is 4.90 Å². The summed E-state index contributed by atoms with van der Waals surface area (Å²) in [6, 6.07) is 14.6. The van der Waals surface area contributed by atoms with Crippen molar-refractivity contribution in [3.63, 3.8) is 0 Å². The van der Waals surface area contributed by atoms with Gasteiger partial charge in [0.05, 0.1) is 5.56 Å². The quantitative estimate of drug-likeness (QED) is 0.771. The van der Waals surface area contributed by atoms with Gasteiger partial charge in [-0.3, -0.25) is 4.79 Å². The number of benzene rings is 2. The Labute approximate surface area is 137 Å². The van der Waals surface area contributed by atoms with E-state index in [0.717, 1.165) is 6.42 Å². The molecule has 0 unspecified atom stereocenters. The first-order valence-electron chi connectivity index (χ1n) is 7.14. The van der Waals surface area contributed by atoms with E-state index >= 15 is 0 Å². The molecule has 1 aliphatic rings. The molecule has 3 rings (SSSR count). The van der Waals surface area contributed by atoms with E-state index in [2.05, 4.69) is 28.1 Å². The lowest BCUT2D eigenvalue weighted by molar-refractivity contribution is 0.0768. The molecule has 1 amide bonds. The molecular weight excluding hydrogens is 345 g/mol. The van der Waals surface area contributed by atoms with Crippen LogP contribution in [0, 0.1) is 5.82 Å². The molecule has 2 aromatic carbocycles. The molecule has 0 radical (unpaired) electrons. The van der Waals surface area contributed by atoms with Crippen LogP contribution in [0.1, 0.15) is 22.3 Å². The summed E-state index contributed by atoms with van der Waals surface area (Å²) in [5, 5.41) is 0. The minimum absolute atomic E-state index is 0.117. The van der Waals surface area contributed by atoms with Crippen molar-refractivity contribution in [2.45, 2.75) is 6.42 Å². The highest BCUT2D eigenvalue weighted by molar-refractivity contribution is 9.10. The van der Waals surface area contributed by atoms with Crippen molar-refractivity contribution in [2.75, 3.05) is 13.1 Å². The molecule has 0 N–H and O–H groups in total. The molecule has 1 heterocycles. The van der Waals surface area contributed by atoms with Gasteiger partial charge < -0.3 is 4.90 Å². The van der Waals surface area contributed by atoms with Gasteiger partial charge in [-0.15, -0.1) is 0 Å². The van der Waals surface area contributed by atoms with E-state index in [-0.39, 0.29) is 11.5 Å². The van der Waals surface area contributed by atoms with Crippen LogP contribution in [-0.2, 0) is 0 Å². The topological polar surface area (TPSA) is 20.3 Å². The van der Waals surface area contributed by atoms with Gasteiger partial charge in [-0.25, -0.2) is 4.39 Å². The van der Waals surface area contributed by atoms with Crippen LogP contribution in [-0.4, -0.2) is 23.9 Å². The maximum atomic E-state index is 13.8. The van der Waals surface area contributed by atoms with Crippen LogP contribution in [0.2, 0.25) is 0 Å². The van der Waals surface area contributed by atoms with Crippen molar-refractivity contribution >= 4 is 27.4 Å². The summed E-state index contributed by atoms with van der Waals surface area (Å²) in [6.45, 7) is 1.11. The molecule has 22 heavy (non-hydrogen) atoms. The number of halogens is 2. The van der Waals surface area contributed by atoms with Crippen LogP contribution < -0.4 is 0 Å². The highest BCUT2D eigenvalue weighted by Gasteiger charge is 2.21. The van der Waals surface area contributed by atoms with E-state index < -0.39 is 5.82 Å². The Kier molecular flexibility index (Phi) is 4.39. The average Bonchev–Trinajstić information content (AvgIpc) is 2.57. The summed E-state index contributed by atoms with van der Waals surface area (Å²) in [4.78, 5) is 14.1. The predicted molar refractivity (Wildman–Crippen MR) is 89.0 cm³/mol. The third-order valence-electron chi connectivity index (χ3n) is 3.80. The van der Waals surface area contributed by atoms with Crippen molar-refractivity contribution in [3.8, 4) is 0 Å². The first-order valence-corrected chi connectivity index (χ1v) is 7.93. The lowest BCUT2D eigenvalue weighted by Gasteiger charge is -2.27. The number of hydrogen-bond donors (Lipinski definition) is 0. The van der Waals surface area contributed by atoms with E-state index in [1.807, 2.05) is 24.3 Å². The second-order valence-corrected chi connectivity index (χ2v) is 6.14. The fraction of sp³-hybridized carbons (Fsp3) is 0.167. The third-order valence-corrected chi connectivity index (χ3v) is 4.29. The number of rotatable bonds is 2. The Bertz CT molecular complexity index is 727. The number of amides is 1. The molecule has 4 heteroatoms. The summed E-state index contributed by atoms with van der Waals surface area (Å²) >= 11 is 3.28. The third kappa shape index (κ3) is 3.12. The maximum Gasteiger partial charge on any atom is 0.257 e. The molecule has 0 saturated carbocycles. The van der Waals surface area contributed by atoms with Gasteiger partial charge in [0, 0.05) is 17.6 Å². The van der Waals surface area contributed by atoms with E-state index in [9.17, 15) is 9.18 Å². The fourth-order valence-electron chi connectivity index (χ4n) is 2.60. The van der Waals surface area contributed by atoms with Gasteiger partial charge in [-0.2, -0.15) is 0 Å². The minimum atomic E-state index is -0.481. The summed E-state index contributed by atoms with van der Waals surface area (Å²) in [5.74, 6) is -0.742. The molecule has 0 saturated heterocycles. The van der Waals surface area contributed by atoms with Gasteiger partial charge in [0.1, 0.15) is 5.82 Å². The second-order valence-electron chi connectivity index (χ2n) is 5.22. The largest absolute Gasteiger partial charge is 0.334 e. The Morgan fingerprint density at radius 3 is 2.59 bits per heavy atom. The first kappa shape index (κ1) is 15.0. The Hall–Kier alpha value is -1.94. The van der Waals surface area contributed by atoms with Crippen molar-refractivity contribution in [1.29, 1.82) is 0 Å². The molecule has 0 bridgehead atoms. The van der Waals surface area contributed by atoms with Gasteiger partial charge in [-0.1, -0.05) is 52.3 Å². The number of carbonyl (C=O) groups is 1. The van der Waals surface area contributed by atoms with Crippen LogP contribution in [0.3, 0.4) is 0 Å². The van der Waals surface area contributed by atoms with E-state index in [0.29, 0.717) is 17.6 Å². The molecule has 112 valence electrons. The zero-order valence-corrected chi connectivity index (χ0v) is 13.5. The van der Waals surface area contributed by atoms with E-state index in [1.165, 1.54) is 23.3 Å². The van der Waals surface area contributed by atoms with Crippen molar-refractivity contribution < 1.29 is 9.18 Å². The van der Waals surface area contributed by atoms with Gasteiger partial charge in [-0.05, 0) is 35.8 Å². The summed E-state index contributed by atoms with van der Waals surface area (Å²) < 4.78 is 14.5. The number of carbonyl (C=O) groups excluding carboxylic acids is 1. The normalized spacial score (nSPS) is 14.6. The summed E-state index contributed by atoms with van der Waals surface area (Å²) in [5.41, 5.74) is 2.54. The Balaban J connectivity index is 1.77. The number of hydrogen-bond acceptors (Lipinski definition) is 1. The highest BCUT2D eigenvalue weighted by Crippen LogP contribution is 2.24. The standard InChI is InChI=1S/C18H15BrFNO/c19-15-6-7-17(20)16(12-15)18(22)21-10-8-14(9-11-21)13-4-2-1-3-5-13/h1-8,12H,9-11H2. The highest BCUT2D eigenvalue weighted by atomic mass is 79.9. The lowest BCUT2D eigenvalue weighted by atomic mass is 9.99. The molecule has 2 aromatic rings. The number of nitrogens with zero attached hydrogens (tertiary/aromatic N) is 1. The smallest absolute Gasteiger partial charge is 0.257 e. The van der Waals surface area contributed by atoms with E-state index in [1.54, 1.807) is 11.0 Å². The Morgan fingerprint density at radius 2 is 1.91 bits per heavy atom. The average molecular weight is 360 g/mol. The molecular formula is C18H15BrFNO. The van der Waals surface area contributed by atoms with Crippen LogP contribution in [0.5, 0.6) is 0 Å². The predicted octanol–water partition coefficient (Wildman–Crippen LogP) is 4.52. The zero-order chi connectivity index (χ0) is 15.5. The van der Waals surface area contributed by atoms with Gasteiger partial charge in [0.15, 0.2) is 0 Å². The molecule has 0 atom stereocenters. The van der Waals surface area contributed by atoms with Gasteiger partial charge in [0.25, 0.3) is 5.91 Å². The first-order chi connectivity index (χ1) is 10.6. The maximum absolute atomic E-state index is 13.8. The Morgan fingerprint density at radius 1 is 1.14 bits per heavy atom. The van der Waals surface area contributed by atoms with E-state index in [4.69, 9.17) is 0 Å². The minimum Gasteiger partial charge on any atom is -0.334 e. The molecule has 2 nitrogen and oxygen atoms in total. The van der Waals surface area contributed by atoms with Crippen LogP contribution in [0.25, 0.3) is 5.57 Å². The fourth-order valence-corrected chi connectivity index (χ4v) is 2.96. The monoisotopic (exact) mass is 359 g/mol. The zero-order valence-electron chi connectivity index (χ0n) is 11.9. The second kappa shape index (κ2) is 6.44. The van der Waals surface area contributed by atoms with Crippen LogP contribution >= 0.6 is 15.9 Å². The summed E-state index contributed by atoms with van der Waals surface area (Å²) in [7, 11) is 0. The van der Waals surface area contributed by atoms with Crippen LogP contribution in [0.4, 0.5) is 4.39 Å². The van der Waals surface area contributed by atoms with Crippen LogP contribution in [0.15, 0.2) is 59.1 Å². The lowest BCUT2D eigenvalue weighted by Crippen LogP contribution is -2.35. The summed E-state index contributed by atoms with van der Waals surface area (Å²) in [6.07, 6.45) is 2.83. The SMILES string of the molecule is O=C(c1cc(Br)ccc1F)N1CC=C(c2ccccc2)CC1. The molecule has 0 aliphatic carbocycles. The molecule has 0 spiro atoms. The molecule has 1 aliphatic heterocycles. The molecule has 0 aromatic heterocycles. The molecule has 0 fully saturated rings. The van der Waals surface area contributed by atoms with Crippen molar-refractivity contribution in [2.24, 2.45) is 0 Å². The van der Waals surface area contributed by atoms with Gasteiger partial charge in [0.2, 0.25) is 0 Å². The van der Waals surface area contributed by atoms with Gasteiger partial charge >= 0.3 is 0 Å². The van der Waals surface area contributed by atoms with Crippen molar-refractivity contribution in [3.05, 3.63) is 76.0 Å².